The lowest BCUT2D eigenvalue weighted by molar-refractivity contribution is -0.169. The van der Waals surface area contributed by atoms with Gasteiger partial charge in [0, 0.05) is 24.2 Å². The highest BCUT2D eigenvalue weighted by atomic mass is 35.5. The summed E-state index contributed by atoms with van der Waals surface area (Å²) >= 11 is 7.08. The Hall–Kier alpha value is -4.18. The van der Waals surface area contributed by atoms with Crippen molar-refractivity contribution in [3.05, 3.63) is 23.9 Å². The van der Waals surface area contributed by atoms with Gasteiger partial charge in [0.05, 0.1) is 18.3 Å². The number of hydrogen-bond acceptors (Lipinski definition) is 13. The molecule has 1 aromatic rings. The van der Waals surface area contributed by atoms with Crippen molar-refractivity contribution in [1.82, 2.24) is 30.2 Å². The predicted octanol–water partition coefficient (Wildman–Crippen LogP) is 3.23. The molecule has 0 unspecified atom stereocenters. The van der Waals surface area contributed by atoms with Crippen LogP contribution in [0, 0.1) is 11.3 Å². The van der Waals surface area contributed by atoms with Crippen molar-refractivity contribution in [3.63, 3.8) is 0 Å². The van der Waals surface area contributed by atoms with Crippen LogP contribution in [0.25, 0.3) is 0 Å². The zero-order valence-electron chi connectivity index (χ0n) is 31.8. The SMILES string of the molecule is C=C[C@@H]1C[C@]1(NC(=O)[C@@H]1C[C@@H](Oc2cc(Cl)nc(N(C(=O)C(F)(F)F)C3=NCCS3)n2)CN1C(=O)[C@@H](NC(=O)OC1CCCC1)C(C)(C)C)C(=O)NS(=O)(=O)C1CC1. The van der Waals surface area contributed by atoms with Crippen LogP contribution in [0.4, 0.5) is 23.9 Å². The van der Waals surface area contributed by atoms with Gasteiger partial charge < -0.3 is 25.0 Å². The number of halogens is 4. The molecule has 17 nitrogen and oxygen atoms in total. The third-order valence-corrected chi connectivity index (χ3v) is 13.4. The van der Waals surface area contributed by atoms with E-state index < -0.39 is 103 Å². The van der Waals surface area contributed by atoms with Crippen LogP contribution in [0.15, 0.2) is 23.7 Å². The van der Waals surface area contributed by atoms with Gasteiger partial charge in [0.1, 0.15) is 35.0 Å². The molecular formula is C35H44ClF3N8O9S2. The van der Waals surface area contributed by atoms with Gasteiger partial charge in [0.2, 0.25) is 33.7 Å². The number of nitrogens with one attached hydrogen (secondary N) is 3. The number of ether oxygens (including phenoxy) is 2. The molecule has 0 spiro atoms. The molecule has 23 heteroatoms. The summed E-state index contributed by atoms with van der Waals surface area (Å²) in [6.45, 7) is 8.57. The van der Waals surface area contributed by atoms with Crippen molar-refractivity contribution in [2.45, 2.75) is 113 Å². The normalized spacial score (nSPS) is 25.3. The average Bonchev–Trinajstić information content (AvgIpc) is 3.89. The molecule has 1 saturated heterocycles. The molecule has 3 aliphatic carbocycles. The summed E-state index contributed by atoms with van der Waals surface area (Å²) in [5, 5.41) is 3.87. The van der Waals surface area contributed by atoms with E-state index >= 15 is 0 Å². The number of amides is 5. The van der Waals surface area contributed by atoms with Crippen LogP contribution >= 0.6 is 23.4 Å². The van der Waals surface area contributed by atoms with Crippen LogP contribution in [0.1, 0.15) is 72.1 Å². The Morgan fingerprint density at radius 3 is 2.36 bits per heavy atom. The zero-order valence-corrected chi connectivity index (χ0v) is 34.2. The Morgan fingerprint density at radius 1 is 1.10 bits per heavy atom. The molecule has 3 saturated carbocycles. The highest BCUT2D eigenvalue weighted by Gasteiger charge is 2.62. The van der Waals surface area contributed by atoms with E-state index in [-0.39, 0.29) is 42.1 Å². The van der Waals surface area contributed by atoms with E-state index in [2.05, 4.69) is 36.9 Å². The minimum absolute atomic E-state index is 0.0208. The number of aromatic nitrogens is 2. The number of sulfonamides is 1. The molecule has 58 heavy (non-hydrogen) atoms. The Labute approximate surface area is 341 Å². The van der Waals surface area contributed by atoms with Gasteiger partial charge in [-0.3, -0.25) is 28.9 Å². The largest absolute Gasteiger partial charge is 0.472 e. The van der Waals surface area contributed by atoms with E-state index in [1.54, 1.807) is 20.8 Å². The van der Waals surface area contributed by atoms with Gasteiger partial charge in [-0.15, -0.1) is 6.58 Å². The monoisotopic (exact) mass is 876 g/mol. The molecule has 318 valence electrons. The lowest BCUT2D eigenvalue weighted by Crippen LogP contribution is -2.60. The summed E-state index contributed by atoms with van der Waals surface area (Å²) in [4.78, 5) is 81.1. The van der Waals surface area contributed by atoms with Crippen molar-refractivity contribution in [2.24, 2.45) is 16.3 Å². The molecule has 4 fully saturated rings. The van der Waals surface area contributed by atoms with E-state index in [0.717, 1.165) is 35.6 Å². The van der Waals surface area contributed by atoms with E-state index in [4.69, 9.17) is 21.1 Å². The molecule has 3 N–H and O–H groups in total. The second-order valence-electron chi connectivity index (χ2n) is 15.9. The summed E-state index contributed by atoms with van der Waals surface area (Å²) in [5.74, 6) is -6.41. The minimum Gasteiger partial charge on any atom is -0.472 e. The number of likely N-dealkylation sites (tertiary alicyclic amines) is 1. The molecule has 5 aliphatic rings. The zero-order chi connectivity index (χ0) is 42.4. The molecule has 0 aromatic carbocycles. The number of carbonyl (C=O) groups is 5. The number of alkyl halides is 3. The third kappa shape index (κ3) is 9.64. The van der Waals surface area contributed by atoms with Gasteiger partial charge in [-0.2, -0.15) is 23.1 Å². The first-order valence-electron chi connectivity index (χ1n) is 18.7. The highest BCUT2D eigenvalue weighted by Crippen LogP contribution is 2.45. The molecule has 0 bridgehead atoms. The van der Waals surface area contributed by atoms with Gasteiger partial charge in [0.15, 0.2) is 5.17 Å². The highest BCUT2D eigenvalue weighted by molar-refractivity contribution is 8.14. The predicted molar refractivity (Wildman–Crippen MR) is 204 cm³/mol. The number of carbonyl (C=O) groups excluding carboxylic acids is 5. The molecular weight excluding hydrogens is 833 g/mol. The molecule has 6 rings (SSSR count). The lowest BCUT2D eigenvalue weighted by atomic mass is 9.85. The van der Waals surface area contributed by atoms with Crippen molar-refractivity contribution < 1.29 is 55.0 Å². The van der Waals surface area contributed by atoms with Gasteiger partial charge in [-0.05, 0) is 50.4 Å². The molecule has 5 atom stereocenters. The van der Waals surface area contributed by atoms with Gasteiger partial charge >= 0.3 is 18.2 Å². The van der Waals surface area contributed by atoms with E-state index in [1.165, 1.54) is 6.08 Å². The van der Waals surface area contributed by atoms with E-state index in [9.17, 15) is 45.6 Å². The van der Waals surface area contributed by atoms with Crippen LogP contribution in [0.3, 0.4) is 0 Å². The standard InChI is InChI=1S/C35H44ClF3N8O9S2/c1-5-18-16-34(18,28(50)45-58(53,54)21-10-11-21)44-26(48)22-14-20(17-46(22)27(49)25(33(2,3)4)43-32(52)56-19-8-6-7-9-19)55-24-15-23(36)41-30(42-24)47(29(51)35(37,38)39)31-40-12-13-57-31/h5,15,18-22,25H,1,6-14,16-17H2,2-4H3,(H,43,52)(H,44,48)(H,45,50)/t18-,20-,22+,25-,34-/m1/s1. The smallest absolute Gasteiger partial charge is 0.472 e. The maximum Gasteiger partial charge on any atom is 0.472 e. The number of hydrogen-bond donors (Lipinski definition) is 3. The van der Waals surface area contributed by atoms with Crippen LogP contribution in [0.2, 0.25) is 5.15 Å². The number of rotatable bonds is 12. The Bertz CT molecular complexity index is 1990. The number of thioether (sulfide) groups is 1. The van der Waals surface area contributed by atoms with Gasteiger partial charge in [-0.1, -0.05) is 50.2 Å². The Balaban J connectivity index is 1.29. The van der Waals surface area contributed by atoms with E-state index in [0.29, 0.717) is 31.4 Å². The van der Waals surface area contributed by atoms with Crippen molar-refractivity contribution in [2.75, 3.05) is 23.7 Å². The summed E-state index contributed by atoms with van der Waals surface area (Å²) in [6.07, 6.45) is -2.59. The summed E-state index contributed by atoms with van der Waals surface area (Å²) in [7, 11) is -4.00. The molecule has 3 heterocycles. The fraction of sp³-hybridized carbons (Fsp3) is 0.657. The Kier molecular flexibility index (Phi) is 12.3. The summed E-state index contributed by atoms with van der Waals surface area (Å²) in [6, 6.07) is -1.58. The molecule has 0 radical (unpaired) electrons. The fourth-order valence-corrected chi connectivity index (χ4v) is 9.46. The number of nitrogens with zero attached hydrogens (tertiary/aromatic N) is 5. The van der Waals surface area contributed by atoms with Gasteiger partial charge in [0.25, 0.3) is 5.91 Å². The Morgan fingerprint density at radius 2 is 1.79 bits per heavy atom. The number of aliphatic imine (C=N–C) groups is 1. The van der Waals surface area contributed by atoms with Crippen molar-refractivity contribution in [1.29, 1.82) is 0 Å². The third-order valence-electron chi connectivity index (χ3n) is 10.4. The lowest BCUT2D eigenvalue weighted by Gasteiger charge is -2.35. The minimum atomic E-state index is -5.34. The van der Waals surface area contributed by atoms with Crippen molar-refractivity contribution in [3.8, 4) is 5.88 Å². The number of anilines is 1. The first-order chi connectivity index (χ1) is 27.1. The fourth-order valence-electron chi connectivity index (χ4n) is 7.08. The topological polar surface area (TPSA) is 219 Å². The molecule has 1 aromatic heterocycles. The number of alkyl carbamates (subject to hydrolysis) is 1. The maximum atomic E-state index is 14.5. The van der Waals surface area contributed by atoms with Crippen molar-refractivity contribution >= 4 is 74.2 Å². The summed E-state index contributed by atoms with van der Waals surface area (Å²) < 4.78 is 80.3. The second-order valence-corrected chi connectivity index (χ2v) is 19.3. The second kappa shape index (κ2) is 16.5. The summed E-state index contributed by atoms with van der Waals surface area (Å²) in [5.41, 5.74) is -2.65. The first kappa shape index (κ1) is 43.4. The van der Waals surface area contributed by atoms with Gasteiger partial charge in [-0.25, -0.2) is 18.1 Å². The number of amidine groups is 1. The van der Waals surface area contributed by atoms with Crippen LogP contribution in [-0.2, 0) is 33.9 Å². The molecule has 2 aliphatic heterocycles. The van der Waals surface area contributed by atoms with Crippen LogP contribution in [0.5, 0.6) is 5.88 Å². The van der Waals surface area contributed by atoms with E-state index in [1.807, 2.05) is 0 Å². The average molecular weight is 877 g/mol. The molecule has 5 amide bonds. The van der Waals surface area contributed by atoms with Crippen LogP contribution in [-0.4, -0.2) is 118 Å². The van der Waals surface area contributed by atoms with Crippen LogP contribution < -0.4 is 25.0 Å². The first-order valence-corrected chi connectivity index (χ1v) is 21.6. The maximum absolute atomic E-state index is 14.5. The quantitative estimate of drug-likeness (QED) is 0.204.